The van der Waals surface area contributed by atoms with E-state index < -0.39 is 0 Å². The van der Waals surface area contributed by atoms with Gasteiger partial charge in [-0.2, -0.15) is 5.26 Å². The van der Waals surface area contributed by atoms with Crippen LogP contribution < -0.4 is 4.74 Å². The molecule has 0 N–H and O–H groups in total. The second kappa shape index (κ2) is 7.86. The minimum atomic E-state index is 0.475. The van der Waals surface area contributed by atoms with Gasteiger partial charge in [-0.1, -0.05) is 29.5 Å². The van der Waals surface area contributed by atoms with Gasteiger partial charge in [-0.05, 0) is 43.3 Å². The molecule has 0 aliphatic heterocycles. The molecule has 3 rings (SSSR count). The van der Waals surface area contributed by atoms with Gasteiger partial charge >= 0.3 is 0 Å². The van der Waals surface area contributed by atoms with Crippen LogP contribution in [-0.4, -0.2) is 27.6 Å². The molecular formula is C19H18N4OS. The Labute approximate surface area is 151 Å². The molecule has 0 aliphatic carbocycles. The minimum absolute atomic E-state index is 0.475. The third kappa shape index (κ3) is 3.83. The highest BCUT2D eigenvalue weighted by Gasteiger charge is 2.16. The molecule has 1 aromatic heterocycles. The van der Waals surface area contributed by atoms with Gasteiger partial charge in [0.2, 0.25) is 0 Å². The molecule has 1 heterocycles. The number of nitrogens with zero attached hydrogens (tertiary/aromatic N) is 4. The van der Waals surface area contributed by atoms with Crippen molar-refractivity contribution in [1.82, 2.24) is 14.8 Å². The molecule has 0 fully saturated rings. The highest BCUT2D eigenvalue weighted by Crippen LogP contribution is 2.29. The normalized spacial score (nSPS) is 10.4. The number of hydrogen-bond acceptors (Lipinski definition) is 5. The minimum Gasteiger partial charge on any atom is -0.497 e. The Bertz CT molecular complexity index is 879. The molecule has 0 saturated carbocycles. The summed E-state index contributed by atoms with van der Waals surface area (Å²) in [4.78, 5) is 0. The molecule has 0 amide bonds. The summed E-state index contributed by atoms with van der Waals surface area (Å²) in [6.45, 7) is 2.06. The van der Waals surface area contributed by atoms with E-state index in [1.54, 1.807) is 7.11 Å². The lowest BCUT2D eigenvalue weighted by atomic mass is 10.2. The van der Waals surface area contributed by atoms with Crippen molar-refractivity contribution in [3.63, 3.8) is 0 Å². The highest BCUT2D eigenvalue weighted by atomic mass is 32.2. The molecule has 6 heteroatoms. The maximum absolute atomic E-state index is 8.78. The fourth-order valence-electron chi connectivity index (χ4n) is 2.41. The first-order valence-corrected chi connectivity index (χ1v) is 8.88. The van der Waals surface area contributed by atoms with E-state index in [0.717, 1.165) is 28.0 Å². The maximum atomic E-state index is 8.78. The van der Waals surface area contributed by atoms with E-state index >= 15 is 0 Å². The zero-order chi connectivity index (χ0) is 17.6. The Kier molecular flexibility index (Phi) is 5.36. The van der Waals surface area contributed by atoms with Gasteiger partial charge in [-0.25, -0.2) is 0 Å². The van der Waals surface area contributed by atoms with Crippen LogP contribution in [0.1, 0.15) is 12.0 Å². The molecular weight excluding hydrogens is 332 g/mol. The Balaban J connectivity index is 2.04. The summed E-state index contributed by atoms with van der Waals surface area (Å²) < 4.78 is 7.26. The highest BCUT2D eigenvalue weighted by molar-refractivity contribution is 7.99. The van der Waals surface area contributed by atoms with Crippen molar-refractivity contribution in [1.29, 1.82) is 5.26 Å². The van der Waals surface area contributed by atoms with Crippen LogP contribution in [0.2, 0.25) is 0 Å². The molecule has 25 heavy (non-hydrogen) atoms. The van der Waals surface area contributed by atoms with Crippen LogP contribution in [0.3, 0.4) is 0 Å². The quantitative estimate of drug-likeness (QED) is 0.491. The van der Waals surface area contributed by atoms with E-state index in [0.29, 0.717) is 12.2 Å². The average molecular weight is 350 g/mol. The molecule has 0 aliphatic rings. The van der Waals surface area contributed by atoms with Crippen molar-refractivity contribution in [2.75, 3.05) is 12.9 Å². The number of methoxy groups -OCH3 is 1. The number of benzene rings is 2. The van der Waals surface area contributed by atoms with Gasteiger partial charge < -0.3 is 4.74 Å². The van der Waals surface area contributed by atoms with Crippen molar-refractivity contribution in [2.24, 2.45) is 0 Å². The Morgan fingerprint density at radius 2 is 1.80 bits per heavy atom. The standard InChI is InChI=1S/C19H18N4OS/c1-14-4-8-16(9-5-14)23-18(15-6-10-17(24-2)11-7-15)21-22-19(23)25-13-3-12-20/h4-11H,3,13H2,1-2H3. The zero-order valence-electron chi connectivity index (χ0n) is 14.1. The van der Waals surface area contributed by atoms with Gasteiger partial charge in [0.1, 0.15) is 5.75 Å². The van der Waals surface area contributed by atoms with E-state index in [-0.39, 0.29) is 0 Å². The molecule has 0 atom stereocenters. The molecule has 5 nitrogen and oxygen atoms in total. The van der Waals surface area contributed by atoms with Gasteiger partial charge in [-0.15, -0.1) is 10.2 Å². The molecule has 126 valence electrons. The second-order valence-electron chi connectivity index (χ2n) is 5.46. The molecule has 0 spiro atoms. The molecule has 0 unspecified atom stereocenters. The fraction of sp³-hybridized carbons (Fsp3) is 0.211. The van der Waals surface area contributed by atoms with E-state index in [1.807, 2.05) is 28.8 Å². The number of rotatable bonds is 6. The topological polar surface area (TPSA) is 63.7 Å². The number of aromatic nitrogens is 3. The van der Waals surface area contributed by atoms with Gasteiger partial charge in [0.15, 0.2) is 11.0 Å². The summed E-state index contributed by atoms with van der Waals surface area (Å²) in [5, 5.41) is 18.3. The lowest BCUT2D eigenvalue weighted by molar-refractivity contribution is 0.415. The third-order valence-electron chi connectivity index (χ3n) is 3.72. The van der Waals surface area contributed by atoms with Crippen LogP contribution in [0, 0.1) is 18.3 Å². The van der Waals surface area contributed by atoms with Crippen LogP contribution in [-0.2, 0) is 0 Å². The number of ether oxygens (including phenoxy) is 1. The lowest BCUT2D eigenvalue weighted by Gasteiger charge is -2.11. The van der Waals surface area contributed by atoms with E-state index in [2.05, 4.69) is 47.5 Å². The molecule has 0 bridgehead atoms. The summed E-state index contributed by atoms with van der Waals surface area (Å²) in [6.07, 6.45) is 0.475. The van der Waals surface area contributed by atoms with E-state index in [9.17, 15) is 0 Å². The summed E-state index contributed by atoms with van der Waals surface area (Å²) in [5.41, 5.74) is 3.16. The Hall–Kier alpha value is -2.78. The SMILES string of the molecule is COc1ccc(-c2nnc(SCCC#N)n2-c2ccc(C)cc2)cc1. The van der Waals surface area contributed by atoms with Crippen LogP contribution in [0.15, 0.2) is 53.7 Å². The number of thioether (sulfide) groups is 1. The monoisotopic (exact) mass is 350 g/mol. The van der Waals surface area contributed by atoms with E-state index in [1.165, 1.54) is 17.3 Å². The molecule has 2 aromatic carbocycles. The summed E-state index contributed by atoms with van der Waals surface area (Å²) >= 11 is 1.54. The third-order valence-corrected chi connectivity index (χ3v) is 4.65. The van der Waals surface area contributed by atoms with Crippen molar-refractivity contribution in [3.05, 3.63) is 54.1 Å². The van der Waals surface area contributed by atoms with Crippen LogP contribution in [0.5, 0.6) is 5.75 Å². The van der Waals surface area contributed by atoms with Crippen molar-refractivity contribution < 1.29 is 4.74 Å². The first kappa shape index (κ1) is 17.1. The summed E-state index contributed by atoms with van der Waals surface area (Å²) in [6, 6.07) is 18.2. The van der Waals surface area contributed by atoms with Crippen molar-refractivity contribution in [2.45, 2.75) is 18.5 Å². The van der Waals surface area contributed by atoms with Gasteiger partial charge in [0, 0.05) is 23.4 Å². The second-order valence-corrected chi connectivity index (χ2v) is 6.52. The Morgan fingerprint density at radius 3 is 2.44 bits per heavy atom. The van der Waals surface area contributed by atoms with Crippen molar-refractivity contribution >= 4 is 11.8 Å². The van der Waals surface area contributed by atoms with E-state index in [4.69, 9.17) is 10.00 Å². The summed E-state index contributed by atoms with van der Waals surface area (Å²) in [7, 11) is 1.65. The molecule has 0 radical (unpaired) electrons. The maximum Gasteiger partial charge on any atom is 0.196 e. The predicted molar refractivity (Wildman–Crippen MR) is 99.0 cm³/mol. The largest absolute Gasteiger partial charge is 0.497 e. The predicted octanol–water partition coefficient (Wildman–Crippen LogP) is 4.26. The van der Waals surface area contributed by atoms with Gasteiger partial charge in [0.05, 0.1) is 13.2 Å². The molecule has 3 aromatic rings. The van der Waals surface area contributed by atoms with Crippen LogP contribution in [0.25, 0.3) is 17.1 Å². The number of nitriles is 1. The number of aryl methyl sites for hydroxylation is 1. The molecule has 0 saturated heterocycles. The van der Waals surface area contributed by atoms with Gasteiger partial charge in [-0.3, -0.25) is 4.57 Å². The Morgan fingerprint density at radius 1 is 1.08 bits per heavy atom. The smallest absolute Gasteiger partial charge is 0.196 e. The van der Waals surface area contributed by atoms with Crippen LogP contribution >= 0.6 is 11.8 Å². The first-order valence-electron chi connectivity index (χ1n) is 7.89. The van der Waals surface area contributed by atoms with Crippen LogP contribution in [0.4, 0.5) is 0 Å². The fourth-order valence-corrected chi connectivity index (χ4v) is 3.20. The average Bonchev–Trinajstić information content (AvgIpc) is 3.06. The first-order chi connectivity index (χ1) is 12.2. The van der Waals surface area contributed by atoms with Gasteiger partial charge in [0.25, 0.3) is 0 Å². The van der Waals surface area contributed by atoms with Crippen molar-refractivity contribution in [3.8, 4) is 28.9 Å². The lowest BCUT2D eigenvalue weighted by Crippen LogP contribution is -2.00. The number of hydrogen-bond donors (Lipinski definition) is 0. The summed E-state index contributed by atoms with van der Waals surface area (Å²) in [5.74, 6) is 2.25. The zero-order valence-corrected chi connectivity index (χ0v) is 15.0.